The molecule has 0 N–H and O–H groups in total. The summed E-state index contributed by atoms with van der Waals surface area (Å²) in [4.78, 5) is 25.1. The van der Waals surface area contributed by atoms with Crippen molar-refractivity contribution in [2.45, 2.75) is 39.9 Å². The molecule has 134 valence electrons. The second-order valence-electron chi connectivity index (χ2n) is 5.82. The van der Waals surface area contributed by atoms with Gasteiger partial charge in [0.1, 0.15) is 0 Å². The van der Waals surface area contributed by atoms with Gasteiger partial charge < -0.3 is 9.64 Å². The fraction of sp³-hybridized carbons (Fsp3) is 0.529. The summed E-state index contributed by atoms with van der Waals surface area (Å²) in [5.41, 5.74) is 1.76. The molecule has 1 unspecified atom stereocenters. The Balaban J connectivity index is 2.86. The van der Waals surface area contributed by atoms with Gasteiger partial charge in [-0.3, -0.25) is 4.79 Å². The van der Waals surface area contributed by atoms with Crippen LogP contribution in [0.5, 0.6) is 0 Å². The highest BCUT2D eigenvalue weighted by molar-refractivity contribution is 6.32. The van der Waals surface area contributed by atoms with Gasteiger partial charge in [-0.15, -0.1) is 0 Å². The van der Waals surface area contributed by atoms with Crippen molar-refractivity contribution < 1.29 is 27.5 Å². The van der Waals surface area contributed by atoms with Crippen LogP contribution in [0, 0.1) is 12.8 Å². The van der Waals surface area contributed by atoms with Crippen molar-refractivity contribution >= 4 is 11.9 Å². The zero-order valence-corrected chi connectivity index (χ0v) is 14.0. The molecule has 1 aromatic carbocycles. The zero-order valence-electron chi connectivity index (χ0n) is 14.0. The van der Waals surface area contributed by atoms with Crippen LogP contribution >= 0.6 is 0 Å². The van der Waals surface area contributed by atoms with Gasteiger partial charge in [-0.2, -0.15) is 13.2 Å². The minimum atomic E-state index is -4.66. The quantitative estimate of drug-likeness (QED) is 0.586. The second kappa shape index (κ2) is 8.70. The van der Waals surface area contributed by atoms with E-state index >= 15 is 0 Å². The van der Waals surface area contributed by atoms with E-state index in [9.17, 15) is 22.8 Å². The summed E-state index contributed by atoms with van der Waals surface area (Å²) in [6.07, 6.45) is -3.89. The highest BCUT2D eigenvalue weighted by atomic mass is 19.4. The predicted octanol–water partition coefficient (Wildman–Crippen LogP) is 3.48. The van der Waals surface area contributed by atoms with E-state index in [0.29, 0.717) is 0 Å². The van der Waals surface area contributed by atoms with E-state index < -0.39 is 24.7 Å². The first-order valence-electron chi connectivity index (χ1n) is 7.71. The van der Waals surface area contributed by atoms with Crippen LogP contribution in [0.1, 0.15) is 31.4 Å². The van der Waals surface area contributed by atoms with E-state index in [1.54, 1.807) is 6.07 Å². The largest absolute Gasteiger partial charge is 0.449 e. The molecule has 0 saturated heterocycles. The first-order chi connectivity index (χ1) is 11.1. The van der Waals surface area contributed by atoms with Gasteiger partial charge in [0, 0.05) is 13.1 Å². The standard InChI is InChI=1S/C17H22F3NO3/c1-4-12(2)9-21(10-14-8-6-5-7-13(14)3)15(22)16(23)24-11-17(18,19)20/h5-8,12H,4,9-11H2,1-3H3. The Morgan fingerprint density at radius 1 is 1.25 bits per heavy atom. The number of aryl methyl sites for hydroxylation is 1. The Morgan fingerprint density at radius 2 is 1.88 bits per heavy atom. The Bertz CT molecular complexity index is 572. The van der Waals surface area contributed by atoms with Crippen LogP contribution in [0.4, 0.5) is 13.2 Å². The molecule has 1 rings (SSSR count). The van der Waals surface area contributed by atoms with Gasteiger partial charge in [0.2, 0.25) is 0 Å². The lowest BCUT2D eigenvalue weighted by Gasteiger charge is -2.25. The number of ether oxygens (including phenoxy) is 1. The predicted molar refractivity (Wildman–Crippen MR) is 83.1 cm³/mol. The van der Waals surface area contributed by atoms with Gasteiger partial charge in [-0.25, -0.2) is 4.79 Å². The molecule has 1 amide bonds. The summed E-state index contributed by atoms with van der Waals surface area (Å²) in [6, 6.07) is 7.32. The first-order valence-corrected chi connectivity index (χ1v) is 7.71. The van der Waals surface area contributed by atoms with Gasteiger partial charge >= 0.3 is 18.1 Å². The average Bonchev–Trinajstić information content (AvgIpc) is 2.52. The normalized spacial score (nSPS) is 12.6. The summed E-state index contributed by atoms with van der Waals surface area (Å²) in [7, 11) is 0. The monoisotopic (exact) mass is 345 g/mol. The molecule has 0 aliphatic carbocycles. The van der Waals surface area contributed by atoms with Crippen LogP contribution in [-0.4, -0.2) is 36.1 Å². The molecule has 0 aliphatic rings. The maximum atomic E-state index is 12.2. The number of hydrogen-bond donors (Lipinski definition) is 0. The number of halogens is 3. The van der Waals surface area contributed by atoms with Crippen molar-refractivity contribution in [3.8, 4) is 0 Å². The molecule has 1 atom stereocenters. The minimum absolute atomic E-state index is 0.105. The first kappa shape index (κ1) is 20.0. The molecule has 0 saturated carbocycles. The smallest absolute Gasteiger partial charge is 0.422 e. The second-order valence-corrected chi connectivity index (χ2v) is 5.82. The molecule has 0 heterocycles. The van der Waals surface area contributed by atoms with Crippen LogP contribution in [0.3, 0.4) is 0 Å². The van der Waals surface area contributed by atoms with Gasteiger partial charge in [0.25, 0.3) is 0 Å². The Kier molecular flexibility index (Phi) is 7.25. The van der Waals surface area contributed by atoms with Crippen LogP contribution in [-0.2, 0) is 20.9 Å². The number of nitrogens with zero attached hydrogens (tertiary/aromatic N) is 1. The van der Waals surface area contributed by atoms with E-state index in [2.05, 4.69) is 4.74 Å². The molecule has 1 aromatic rings. The summed E-state index contributed by atoms with van der Waals surface area (Å²) >= 11 is 0. The lowest BCUT2D eigenvalue weighted by atomic mass is 10.1. The molecule has 7 heteroatoms. The zero-order chi connectivity index (χ0) is 18.3. The van der Waals surface area contributed by atoms with Crippen LogP contribution < -0.4 is 0 Å². The highest BCUT2D eigenvalue weighted by Gasteiger charge is 2.33. The topological polar surface area (TPSA) is 46.6 Å². The third-order valence-electron chi connectivity index (χ3n) is 3.68. The van der Waals surface area contributed by atoms with Crippen molar-refractivity contribution in [3.05, 3.63) is 35.4 Å². The minimum Gasteiger partial charge on any atom is -0.449 e. The number of carbonyl (C=O) groups is 2. The number of hydrogen-bond acceptors (Lipinski definition) is 3. The van der Waals surface area contributed by atoms with E-state index in [-0.39, 0.29) is 19.0 Å². The molecular formula is C17H22F3NO3. The lowest BCUT2D eigenvalue weighted by Crippen LogP contribution is -2.40. The molecular weight excluding hydrogens is 323 g/mol. The van der Waals surface area contributed by atoms with E-state index in [1.165, 1.54) is 4.90 Å². The molecule has 0 fully saturated rings. The maximum absolute atomic E-state index is 12.2. The van der Waals surface area contributed by atoms with Crippen molar-refractivity contribution in [2.75, 3.05) is 13.2 Å². The van der Waals surface area contributed by atoms with Crippen molar-refractivity contribution in [2.24, 2.45) is 5.92 Å². The number of benzene rings is 1. The van der Waals surface area contributed by atoms with E-state index in [0.717, 1.165) is 17.5 Å². The molecule has 24 heavy (non-hydrogen) atoms. The highest BCUT2D eigenvalue weighted by Crippen LogP contribution is 2.16. The third kappa shape index (κ3) is 6.60. The summed E-state index contributed by atoms with van der Waals surface area (Å²) < 4.78 is 40.5. The van der Waals surface area contributed by atoms with Gasteiger partial charge in [-0.05, 0) is 24.0 Å². The summed E-state index contributed by atoms with van der Waals surface area (Å²) in [5.74, 6) is -2.43. The number of rotatable bonds is 6. The molecule has 0 aromatic heterocycles. The van der Waals surface area contributed by atoms with Crippen LogP contribution in [0.25, 0.3) is 0 Å². The van der Waals surface area contributed by atoms with Crippen LogP contribution in [0.2, 0.25) is 0 Å². The molecule has 0 aliphatic heterocycles. The Morgan fingerprint density at radius 3 is 2.42 bits per heavy atom. The fourth-order valence-corrected chi connectivity index (χ4v) is 2.06. The number of amides is 1. The van der Waals surface area contributed by atoms with Gasteiger partial charge in [-0.1, -0.05) is 44.5 Å². The SMILES string of the molecule is CCC(C)CN(Cc1ccccc1C)C(=O)C(=O)OCC(F)(F)F. The number of alkyl halides is 3. The lowest BCUT2D eigenvalue weighted by molar-refractivity contribution is -0.189. The van der Waals surface area contributed by atoms with Gasteiger partial charge in [0.15, 0.2) is 6.61 Å². The molecule has 0 radical (unpaired) electrons. The summed E-state index contributed by atoms with van der Waals surface area (Å²) in [6.45, 7) is 4.35. The van der Waals surface area contributed by atoms with E-state index in [1.807, 2.05) is 39.0 Å². The third-order valence-corrected chi connectivity index (χ3v) is 3.68. The maximum Gasteiger partial charge on any atom is 0.422 e. The molecule has 4 nitrogen and oxygen atoms in total. The molecule has 0 bridgehead atoms. The average molecular weight is 345 g/mol. The van der Waals surface area contributed by atoms with Crippen LogP contribution in [0.15, 0.2) is 24.3 Å². The van der Waals surface area contributed by atoms with Crippen molar-refractivity contribution in [1.82, 2.24) is 4.90 Å². The Labute approximate surface area is 139 Å². The van der Waals surface area contributed by atoms with Crippen molar-refractivity contribution in [1.29, 1.82) is 0 Å². The Hall–Kier alpha value is -2.05. The fourth-order valence-electron chi connectivity index (χ4n) is 2.06. The number of carbonyl (C=O) groups excluding carboxylic acids is 2. The number of esters is 1. The molecule has 0 spiro atoms. The van der Waals surface area contributed by atoms with E-state index in [4.69, 9.17) is 0 Å². The summed E-state index contributed by atoms with van der Waals surface area (Å²) in [5, 5.41) is 0. The van der Waals surface area contributed by atoms with Gasteiger partial charge in [0.05, 0.1) is 0 Å². The van der Waals surface area contributed by atoms with Crippen molar-refractivity contribution in [3.63, 3.8) is 0 Å².